The van der Waals surface area contributed by atoms with Crippen molar-refractivity contribution in [2.45, 2.75) is 51.6 Å². The largest absolute Gasteiger partial charge is 0.335 e. The third kappa shape index (κ3) is 4.26. The molecule has 5 nitrogen and oxygen atoms in total. The first-order valence-electron chi connectivity index (χ1n) is 10.2. The minimum Gasteiger partial charge on any atom is -0.335 e. The molecular formula is C22H29ClN4O. The monoisotopic (exact) mass is 400 g/mol. The van der Waals surface area contributed by atoms with Crippen LogP contribution in [0.1, 0.15) is 61.3 Å². The number of carbonyl (C=O) groups is 1. The predicted molar refractivity (Wildman–Crippen MR) is 112 cm³/mol. The number of hydrogen-bond acceptors (Lipinski definition) is 3. The average Bonchev–Trinajstić information content (AvgIpc) is 3.40. The predicted octanol–water partition coefficient (Wildman–Crippen LogP) is 4.13. The van der Waals surface area contributed by atoms with E-state index in [1.165, 1.54) is 24.1 Å². The van der Waals surface area contributed by atoms with Crippen LogP contribution in [0.25, 0.3) is 0 Å². The van der Waals surface area contributed by atoms with E-state index in [1.807, 2.05) is 23.1 Å². The maximum absolute atomic E-state index is 13.1. The quantitative estimate of drug-likeness (QED) is 0.774. The molecule has 0 atom stereocenters. The molecule has 28 heavy (non-hydrogen) atoms. The van der Waals surface area contributed by atoms with Crippen LogP contribution in [0.2, 0.25) is 5.02 Å². The number of benzene rings is 1. The number of piperazine rings is 1. The zero-order valence-electron chi connectivity index (χ0n) is 17.0. The molecular weight excluding hydrogens is 372 g/mol. The minimum absolute atomic E-state index is 0.0658. The molecule has 1 aliphatic heterocycles. The molecule has 0 N–H and O–H groups in total. The lowest BCUT2D eigenvalue weighted by Crippen LogP contribution is -2.48. The number of hydrogen-bond donors (Lipinski definition) is 0. The van der Waals surface area contributed by atoms with Crippen molar-refractivity contribution >= 4 is 17.5 Å². The van der Waals surface area contributed by atoms with Gasteiger partial charge < -0.3 is 4.90 Å². The van der Waals surface area contributed by atoms with Gasteiger partial charge in [0.25, 0.3) is 5.91 Å². The van der Waals surface area contributed by atoms with Gasteiger partial charge in [0, 0.05) is 49.4 Å². The van der Waals surface area contributed by atoms with Crippen molar-refractivity contribution in [2.24, 2.45) is 0 Å². The molecule has 1 saturated carbocycles. The van der Waals surface area contributed by atoms with Crippen LogP contribution in [-0.4, -0.2) is 51.7 Å². The summed E-state index contributed by atoms with van der Waals surface area (Å²) in [7, 11) is 0. The fourth-order valence-corrected chi connectivity index (χ4v) is 3.95. The van der Waals surface area contributed by atoms with Gasteiger partial charge in [-0.05, 0) is 57.4 Å². The smallest absolute Gasteiger partial charge is 0.274 e. The van der Waals surface area contributed by atoms with Gasteiger partial charge in [-0.15, -0.1) is 0 Å². The van der Waals surface area contributed by atoms with Crippen LogP contribution in [-0.2, 0) is 12.1 Å². The Morgan fingerprint density at radius 1 is 1.11 bits per heavy atom. The first-order valence-corrected chi connectivity index (χ1v) is 10.6. The van der Waals surface area contributed by atoms with Crippen molar-refractivity contribution in [1.29, 1.82) is 0 Å². The van der Waals surface area contributed by atoms with Crippen LogP contribution in [0, 0.1) is 0 Å². The molecule has 0 spiro atoms. The van der Waals surface area contributed by atoms with Crippen LogP contribution >= 0.6 is 11.6 Å². The second-order valence-electron chi connectivity index (χ2n) is 9.01. The van der Waals surface area contributed by atoms with Crippen LogP contribution < -0.4 is 0 Å². The SMILES string of the molecule is CC(C)(C)n1nc(C(=O)N2CCN(Cc3ccc(Cl)cc3)CC2)cc1C1CC1. The number of nitrogens with zero attached hydrogens (tertiary/aromatic N) is 4. The number of halogens is 1. The summed E-state index contributed by atoms with van der Waals surface area (Å²) in [6.07, 6.45) is 2.41. The van der Waals surface area contributed by atoms with Gasteiger partial charge in [-0.25, -0.2) is 0 Å². The van der Waals surface area contributed by atoms with Gasteiger partial charge in [-0.3, -0.25) is 14.4 Å². The van der Waals surface area contributed by atoms with E-state index in [-0.39, 0.29) is 11.4 Å². The summed E-state index contributed by atoms with van der Waals surface area (Å²) in [6.45, 7) is 10.6. The molecule has 2 aromatic rings. The molecule has 4 rings (SSSR count). The van der Waals surface area contributed by atoms with E-state index in [0.717, 1.165) is 37.7 Å². The van der Waals surface area contributed by atoms with Crippen LogP contribution in [0.15, 0.2) is 30.3 Å². The number of rotatable bonds is 4. The fourth-order valence-electron chi connectivity index (χ4n) is 3.83. The number of carbonyl (C=O) groups excluding carboxylic acids is 1. The highest BCUT2D eigenvalue weighted by molar-refractivity contribution is 6.30. The summed E-state index contributed by atoms with van der Waals surface area (Å²) in [5, 5.41) is 5.48. The Morgan fingerprint density at radius 3 is 2.32 bits per heavy atom. The summed E-state index contributed by atoms with van der Waals surface area (Å²) in [6, 6.07) is 10.0. The van der Waals surface area contributed by atoms with E-state index in [9.17, 15) is 4.79 Å². The topological polar surface area (TPSA) is 41.4 Å². The standard InChI is InChI=1S/C22H29ClN4O/c1-22(2,3)27-20(17-6-7-17)14-19(24-27)21(28)26-12-10-25(11-13-26)15-16-4-8-18(23)9-5-16/h4-5,8-9,14,17H,6-7,10-13,15H2,1-3H3. The van der Waals surface area contributed by atoms with Crippen molar-refractivity contribution < 1.29 is 4.79 Å². The van der Waals surface area contributed by atoms with Crippen molar-refractivity contribution in [2.75, 3.05) is 26.2 Å². The second kappa shape index (κ2) is 7.53. The van der Waals surface area contributed by atoms with E-state index in [2.05, 4.69) is 42.5 Å². The lowest BCUT2D eigenvalue weighted by atomic mass is 10.1. The molecule has 1 aliphatic carbocycles. The zero-order chi connectivity index (χ0) is 19.9. The summed E-state index contributed by atoms with van der Waals surface area (Å²) >= 11 is 5.97. The van der Waals surface area contributed by atoms with E-state index in [0.29, 0.717) is 11.6 Å². The van der Waals surface area contributed by atoms with Crippen molar-refractivity contribution in [3.05, 3.63) is 52.3 Å². The molecule has 1 aromatic heterocycles. The molecule has 0 bridgehead atoms. The normalized spacial score (nSPS) is 18.5. The van der Waals surface area contributed by atoms with E-state index < -0.39 is 0 Å². The average molecular weight is 401 g/mol. The van der Waals surface area contributed by atoms with Crippen LogP contribution in [0.3, 0.4) is 0 Å². The van der Waals surface area contributed by atoms with Crippen molar-refractivity contribution in [1.82, 2.24) is 19.6 Å². The summed E-state index contributed by atoms with van der Waals surface area (Å²) in [5.41, 5.74) is 2.97. The van der Waals surface area contributed by atoms with Crippen molar-refractivity contribution in [3.8, 4) is 0 Å². The fraction of sp³-hybridized carbons (Fsp3) is 0.545. The Morgan fingerprint density at radius 2 is 1.75 bits per heavy atom. The van der Waals surface area contributed by atoms with Gasteiger partial charge >= 0.3 is 0 Å². The maximum atomic E-state index is 13.1. The highest BCUT2D eigenvalue weighted by atomic mass is 35.5. The van der Waals surface area contributed by atoms with Crippen LogP contribution in [0.4, 0.5) is 0 Å². The van der Waals surface area contributed by atoms with E-state index >= 15 is 0 Å². The first-order chi connectivity index (χ1) is 13.3. The third-order valence-electron chi connectivity index (χ3n) is 5.57. The maximum Gasteiger partial charge on any atom is 0.274 e. The summed E-state index contributed by atoms with van der Waals surface area (Å²) in [4.78, 5) is 17.4. The second-order valence-corrected chi connectivity index (χ2v) is 9.44. The van der Waals surface area contributed by atoms with Gasteiger partial charge in [0.05, 0.1) is 5.54 Å². The lowest BCUT2D eigenvalue weighted by molar-refractivity contribution is 0.0621. The van der Waals surface area contributed by atoms with Gasteiger partial charge in [-0.2, -0.15) is 5.10 Å². The molecule has 6 heteroatoms. The Kier molecular flexibility index (Phi) is 5.23. The van der Waals surface area contributed by atoms with Crippen molar-refractivity contribution in [3.63, 3.8) is 0 Å². The van der Waals surface area contributed by atoms with Gasteiger partial charge in [0.1, 0.15) is 0 Å². The molecule has 2 aliphatic rings. The van der Waals surface area contributed by atoms with Gasteiger partial charge in [-0.1, -0.05) is 23.7 Å². The van der Waals surface area contributed by atoms with Crippen LogP contribution in [0.5, 0.6) is 0 Å². The minimum atomic E-state index is -0.103. The molecule has 2 heterocycles. The van der Waals surface area contributed by atoms with Gasteiger partial charge in [0.15, 0.2) is 5.69 Å². The Bertz CT molecular complexity index is 840. The Labute approximate surface area is 172 Å². The van der Waals surface area contributed by atoms with E-state index in [1.54, 1.807) is 0 Å². The lowest BCUT2D eigenvalue weighted by Gasteiger charge is -2.34. The zero-order valence-corrected chi connectivity index (χ0v) is 17.7. The Balaban J connectivity index is 1.39. The summed E-state index contributed by atoms with van der Waals surface area (Å²) < 4.78 is 2.06. The molecule has 0 radical (unpaired) electrons. The molecule has 1 aromatic carbocycles. The molecule has 1 amide bonds. The molecule has 1 saturated heterocycles. The Hall–Kier alpha value is -1.85. The molecule has 2 fully saturated rings. The van der Waals surface area contributed by atoms with E-state index in [4.69, 9.17) is 16.7 Å². The third-order valence-corrected chi connectivity index (χ3v) is 5.82. The summed E-state index contributed by atoms with van der Waals surface area (Å²) in [5.74, 6) is 0.639. The number of amides is 1. The van der Waals surface area contributed by atoms with Gasteiger partial charge in [0.2, 0.25) is 0 Å². The number of aromatic nitrogens is 2. The highest BCUT2D eigenvalue weighted by Crippen LogP contribution is 2.41. The molecule has 0 unspecified atom stereocenters. The molecule has 150 valence electrons. The highest BCUT2D eigenvalue weighted by Gasteiger charge is 2.33. The first kappa shape index (κ1) is 19.5.